The third kappa shape index (κ3) is 8.16. The number of piperazine rings is 1. The minimum atomic E-state index is -1.26. The van der Waals surface area contributed by atoms with E-state index in [4.69, 9.17) is 10.2 Å². The molecule has 1 aromatic rings. The first-order valence-corrected chi connectivity index (χ1v) is 10.8. The fourth-order valence-corrected chi connectivity index (χ4v) is 3.97. The van der Waals surface area contributed by atoms with Gasteiger partial charge in [-0.25, -0.2) is 9.59 Å². The van der Waals surface area contributed by atoms with E-state index in [9.17, 15) is 14.7 Å². The predicted octanol–water partition coefficient (Wildman–Crippen LogP) is 2.95. The number of carbonyl (C=O) groups is 2. The van der Waals surface area contributed by atoms with Crippen molar-refractivity contribution in [3.63, 3.8) is 0 Å². The van der Waals surface area contributed by atoms with Gasteiger partial charge in [-0.05, 0) is 42.9 Å². The fourth-order valence-electron chi connectivity index (χ4n) is 3.97. The van der Waals surface area contributed by atoms with E-state index in [0.29, 0.717) is 12.2 Å². The number of rotatable bonds is 7. The van der Waals surface area contributed by atoms with Crippen molar-refractivity contribution in [1.82, 2.24) is 4.90 Å². The number of hydrogen-bond acceptors (Lipinski definition) is 5. The van der Waals surface area contributed by atoms with Gasteiger partial charge < -0.3 is 20.2 Å². The summed E-state index contributed by atoms with van der Waals surface area (Å²) in [6.07, 6.45) is 7.34. The molecule has 0 amide bonds. The molecule has 2 fully saturated rings. The van der Waals surface area contributed by atoms with Crippen LogP contribution in [0.3, 0.4) is 0 Å². The molecule has 1 aliphatic carbocycles. The van der Waals surface area contributed by atoms with E-state index < -0.39 is 11.9 Å². The minimum absolute atomic E-state index is 0.169. The summed E-state index contributed by atoms with van der Waals surface area (Å²) in [7, 11) is 0. The molecule has 3 N–H and O–H groups in total. The van der Waals surface area contributed by atoms with Crippen LogP contribution in [0, 0.1) is 0 Å². The van der Waals surface area contributed by atoms with Crippen LogP contribution >= 0.6 is 0 Å². The maximum Gasteiger partial charge on any atom is 0.328 e. The summed E-state index contributed by atoms with van der Waals surface area (Å²) in [5.74, 6) is -1.71. The van der Waals surface area contributed by atoms with E-state index >= 15 is 0 Å². The molecule has 0 radical (unpaired) electrons. The van der Waals surface area contributed by atoms with E-state index in [1.54, 1.807) is 0 Å². The van der Waals surface area contributed by atoms with Gasteiger partial charge in [0.15, 0.2) is 0 Å². The predicted molar refractivity (Wildman–Crippen MR) is 117 cm³/mol. The van der Waals surface area contributed by atoms with E-state index in [-0.39, 0.29) is 6.10 Å². The quantitative estimate of drug-likeness (QED) is 0.585. The zero-order valence-corrected chi connectivity index (χ0v) is 17.7. The highest BCUT2D eigenvalue weighted by molar-refractivity contribution is 5.89. The lowest BCUT2D eigenvalue weighted by Crippen LogP contribution is -2.48. The highest BCUT2D eigenvalue weighted by atomic mass is 16.4. The molecule has 1 aromatic carbocycles. The topological polar surface area (TPSA) is 101 Å². The number of benzene rings is 1. The third-order valence-corrected chi connectivity index (χ3v) is 5.77. The molecule has 1 heterocycles. The number of aliphatic carboxylic acids is 2. The molecule has 0 aromatic heterocycles. The number of carboxylic acids is 2. The number of anilines is 1. The molecule has 3 rings (SSSR count). The first-order valence-electron chi connectivity index (χ1n) is 10.8. The first-order chi connectivity index (χ1) is 14.4. The lowest BCUT2D eigenvalue weighted by atomic mass is 9.97. The Morgan fingerprint density at radius 1 is 1.00 bits per heavy atom. The van der Waals surface area contributed by atoms with Gasteiger partial charge >= 0.3 is 11.9 Å². The molecular weight excluding hydrogens is 384 g/mol. The number of β-amino-alcohol motifs (C(OH)–C–C–N with tert-alkyl or cyclic N) is 1. The van der Waals surface area contributed by atoms with Crippen LogP contribution in [0.15, 0.2) is 36.4 Å². The summed E-state index contributed by atoms with van der Waals surface area (Å²) in [4.78, 5) is 24.0. The summed E-state index contributed by atoms with van der Waals surface area (Å²) in [5.41, 5.74) is 2.89. The molecule has 30 heavy (non-hydrogen) atoms. The number of nitrogens with zero attached hydrogens (tertiary/aromatic N) is 2. The summed E-state index contributed by atoms with van der Waals surface area (Å²) in [6, 6.07) is 9.31. The van der Waals surface area contributed by atoms with Crippen molar-refractivity contribution in [2.45, 2.75) is 51.0 Å². The Morgan fingerprint density at radius 2 is 1.53 bits per heavy atom. The number of hydrogen-bond donors (Lipinski definition) is 3. The van der Waals surface area contributed by atoms with Crippen LogP contribution < -0.4 is 4.90 Å². The van der Waals surface area contributed by atoms with Gasteiger partial charge in [-0.15, -0.1) is 0 Å². The maximum atomic E-state index is 9.77. The standard InChI is InChI=1S/C19H30N2O.C4H4O4/c1-2-19(22)15-20-11-13-21(14-12-20)18-9-7-17(8-10-18)16-5-3-4-6-16;5-3(6)1-2-4(7)8/h7-10,16,19,22H,2-6,11-15H2,1H3;1-2H,(H,5,6)(H,7,8). The SMILES string of the molecule is CCC(O)CN1CCN(c2ccc(C3CCCC3)cc2)CC1.O=C(O)C=CC(=O)O. The molecule has 7 heteroatoms. The molecule has 1 aliphatic heterocycles. The van der Waals surface area contributed by atoms with Gasteiger partial charge in [-0.2, -0.15) is 0 Å². The Morgan fingerprint density at radius 3 is 2.00 bits per heavy atom. The summed E-state index contributed by atoms with van der Waals surface area (Å²) >= 11 is 0. The molecule has 1 saturated carbocycles. The first kappa shape index (κ1) is 23.9. The van der Waals surface area contributed by atoms with Crippen LogP contribution in [0.2, 0.25) is 0 Å². The zero-order chi connectivity index (χ0) is 21.9. The van der Waals surface area contributed by atoms with Gasteiger partial charge in [0.05, 0.1) is 6.10 Å². The molecule has 0 spiro atoms. The van der Waals surface area contributed by atoms with Gasteiger partial charge in [0, 0.05) is 50.6 Å². The minimum Gasteiger partial charge on any atom is -0.478 e. The number of aliphatic hydroxyl groups excluding tert-OH is 1. The normalized spacial score (nSPS) is 18.8. The second-order valence-electron chi connectivity index (χ2n) is 7.93. The molecule has 1 unspecified atom stereocenters. The van der Waals surface area contributed by atoms with Crippen molar-refractivity contribution in [2.75, 3.05) is 37.6 Å². The second-order valence-corrected chi connectivity index (χ2v) is 7.93. The molecule has 166 valence electrons. The molecule has 2 aliphatic rings. The molecule has 1 atom stereocenters. The highest BCUT2D eigenvalue weighted by Gasteiger charge is 2.20. The van der Waals surface area contributed by atoms with Crippen molar-refractivity contribution in [1.29, 1.82) is 0 Å². The summed E-state index contributed by atoms with van der Waals surface area (Å²) in [5, 5.41) is 25.4. The average Bonchev–Trinajstić information content (AvgIpc) is 3.28. The van der Waals surface area contributed by atoms with Gasteiger partial charge in [0.25, 0.3) is 0 Å². The smallest absolute Gasteiger partial charge is 0.328 e. The molecular formula is C23H34N2O5. The van der Waals surface area contributed by atoms with E-state index in [2.05, 4.69) is 34.1 Å². The molecule has 7 nitrogen and oxygen atoms in total. The van der Waals surface area contributed by atoms with E-state index in [0.717, 1.165) is 45.1 Å². The van der Waals surface area contributed by atoms with Crippen molar-refractivity contribution in [3.8, 4) is 0 Å². The van der Waals surface area contributed by atoms with Crippen molar-refractivity contribution in [2.24, 2.45) is 0 Å². The second kappa shape index (κ2) is 12.3. The third-order valence-electron chi connectivity index (χ3n) is 5.77. The highest BCUT2D eigenvalue weighted by Crippen LogP contribution is 2.34. The van der Waals surface area contributed by atoms with Gasteiger partial charge in [-0.1, -0.05) is 31.9 Å². The van der Waals surface area contributed by atoms with Crippen molar-refractivity contribution < 1.29 is 24.9 Å². The maximum absolute atomic E-state index is 9.77. The Hall–Kier alpha value is -2.38. The van der Waals surface area contributed by atoms with Crippen LogP contribution in [-0.4, -0.2) is 71.0 Å². The summed E-state index contributed by atoms with van der Waals surface area (Å²) < 4.78 is 0. The van der Waals surface area contributed by atoms with Crippen LogP contribution in [0.5, 0.6) is 0 Å². The van der Waals surface area contributed by atoms with Crippen LogP contribution in [0.25, 0.3) is 0 Å². The lowest BCUT2D eigenvalue weighted by Gasteiger charge is -2.37. The van der Waals surface area contributed by atoms with Crippen molar-refractivity contribution in [3.05, 3.63) is 42.0 Å². The van der Waals surface area contributed by atoms with Crippen molar-refractivity contribution >= 4 is 17.6 Å². The van der Waals surface area contributed by atoms with Gasteiger partial charge in [-0.3, -0.25) is 4.90 Å². The van der Waals surface area contributed by atoms with Crippen LogP contribution in [0.4, 0.5) is 5.69 Å². The Bertz CT molecular complexity index is 674. The average molecular weight is 419 g/mol. The van der Waals surface area contributed by atoms with Crippen LogP contribution in [-0.2, 0) is 9.59 Å². The van der Waals surface area contributed by atoms with Gasteiger partial charge in [0.2, 0.25) is 0 Å². The Balaban J connectivity index is 0.000000343. The summed E-state index contributed by atoms with van der Waals surface area (Å²) in [6.45, 7) is 7.12. The van der Waals surface area contributed by atoms with E-state index in [1.807, 2.05) is 6.92 Å². The van der Waals surface area contributed by atoms with E-state index in [1.165, 1.54) is 36.9 Å². The van der Waals surface area contributed by atoms with Crippen LogP contribution in [0.1, 0.15) is 50.5 Å². The number of carboxylic acid groups (broad SMARTS) is 2. The molecule has 1 saturated heterocycles. The van der Waals surface area contributed by atoms with Gasteiger partial charge in [0.1, 0.15) is 0 Å². The Labute approximate surface area is 178 Å². The molecule has 0 bridgehead atoms. The zero-order valence-electron chi connectivity index (χ0n) is 17.7. The number of aliphatic hydroxyl groups is 1. The monoisotopic (exact) mass is 418 g/mol. The fraction of sp³-hybridized carbons (Fsp3) is 0.565. The largest absolute Gasteiger partial charge is 0.478 e. The Kier molecular flexibility index (Phi) is 9.83. The lowest BCUT2D eigenvalue weighted by molar-refractivity contribution is -0.134.